The van der Waals surface area contributed by atoms with Crippen LogP contribution in [0.25, 0.3) is 32.9 Å². The Balaban J connectivity index is 1.23. The monoisotopic (exact) mass is 708 g/mol. The van der Waals surface area contributed by atoms with Gasteiger partial charge < -0.3 is 24.2 Å². The number of nitrogens with zero attached hydrogens (tertiary/aromatic N) is 7. The van der Waals surface area contributed by atoms with Gasteiger partial charge in [-0.05, 0) is 86.9 Å². The number of piperidine rings is 1. The first-order valence-corrected chi connectivity index (χ1v) is 17.7. The van der Waals surface area contributed by atoms with E-state index in [0.29, 0.717) is 48.3 Å². The van der Waals surface area contributed by atoms with Crippen LogP contribution in [0.2, 0.25) is 0 Å². The lowest BCUT2D eigenvalue weighted by Gasteiger charge is -2.54. The van der Waals surface area contributed by atoms with Crippen LogP contribution in [0.5, 0.6) is 5.75 Å². The summed E-state index contributed by atoms with van der Waals surface area (Å²) in [6, 6.07) is 6.37. The molecule has 10 nitrogen and oxygen atoms in total. The van der Waals surface area contributed by atoms with Crippen LogP contribution in [0.4, 0.5) is 29.3 Å². The smallest absolute Gasteiger partial charge is 0.422 e. The Morgan fingerprint density at radius 1 is 1.06 bits per heavy atom. The molecule has 2 aromatic heterocycles. The van der Waals surface area contributed by atoms with Crippen molar-refractivity contribution < 1.29 is 27.0 Å². The van der Waals surface area contributed by atoms with E-state index in [-0.39, 0.29) is 23.7 Å². The molecule has 0 amide bonds. The van der Waals surface area contributed by atoms with Crippen molar-refractivity contribution in [3.05, 3.63) is 47.9 Å². The zero-order valence-corrected chi connectivity index (χ0v) is 29.3. The Morgan fingerprint density at radius 2 is 1.80 bits per heavy atom. The SMILES string of the molecule is C=C(F)COCN1CC2(CCN(c3nc(N4CC(N(C)C)C4)nc4c(OCC(F)(F)F)c(-c5c(C)ccc6[nH]ncc56)c(C5CC5)cc34)CC2)C1. The molecule has 4 fully saturated rings. The van der Waals surface area contributed by atoms with Crippen molar-refractivity contribution in [3.8, 4) is 16.9 Å². The van der Waals surface area contributed by atoms with Crippen molar-refractivity contribution in [2.24, 2.45) is 5.41 Å². The topological polar surface area (TPSA) is 85.9 Å². The fraction of sp³-hybridized carbons (Fsp3) is 0.541. The molecule has 3 saturated heterocycles. The number of hydrogen-bond donors (Lipinski definition) is 1. The van der Waals surface area contributed by atoms with Crippen molar-refractivity contribution in [2.45, 2.75) is 50.7 Å². The van der Waals surface area contributed by atoms with Gasteiger partial charge in [0.05, 0.1) is 25.1 Å². The van der Waals surface area contributed by atoms with Crippen molar-refractivity contribution in [2.75, 3.05) is 83.1 Å². The lowest BCUT2D eigenvalue weighted by atomic mass is 9.72. The highest BCUT2D eigenvalue weighted by Crippen LogP contribution is 2.53. The normalized spacial score (nSPS) is 19.7. The number of aromatic amines is 1. The molecule has 8 rings (SSSR count). The molecule has 1 aliphatic carbocycles. The molecule has 1 spiro atoms. The van der Waals surface area contributed by atoms with E-state index in [1.54, 1.807) is 6.20 Å². The number of halogens is 4. The summed E-state index contributed by atoms with van der Waals surface area (Å²) in [6.07, 6.45) is 0.931. The van der Waals surface area contributed by atoms with E-state index in [9.17, 15) is 17.6 Å². The summed E-state index contributed by atoms with van der Waals surface area (Å²) >= 11 is 0. The average molecular weight is 709 g/mol. The van der Waals surface area contributed by atoms with E-state index in [2.05, 4.69) is 42.4 Å². The highest BCUT2D eigenvalue weighted by atomic mass is 19.4. The van der Waals surface area contributed by atoms with Crippen molar-refractivity contribution in [3.63, 3.8) is 0 Å². The molecule has 0 atom stereocenters. The molecule has 2 aromatic carbocycles. The molecule has 1 N–H and O–H groups in total. The van der Waals surface area contributed by atoms with E-state index < -0.39 is 18.6 Å². The number of nitrogens with one attached hydrogen (secondary N) is 1. The summed E-state index contributed by atoms with van der Waals surface area (Å²) in [7, 11) is 4.08. The van der Waals surface area contributed by atoms with Gasteiger partial charge in [0.2, 0.25) is 5.95 Å². The number of hydrogen-bond acceptors (Lipinski definition) is 9. The summed E-state index contributed by atoms with van der Waals surface area (Å²) in [5.41, 5.74) is 4.70. The number of aryl methyl sites for hydroxylation is 1. The number of benzene rings is 2. The quantitative estimate of drug-likeness (QED) is 0.178. The minimum atomic E-state index is -4.55. The summed E-state index contributed by atoms with van der Waals surface area (Å²) < 4.78 is 66.4. The van der Waals surface area contributed by atoms with E-state index in [0.717, 1.165) is 85.3 Å². The molecule has 0 radical (unpaired) electrons. The number of rotatable bonds is 11. The Kier molecular flexibility index (Phi) is 8.62. The zero-order valence-electron chi connectivity index (χ0n) is 29.3. The minimum Gasteiger partial charge on any atom is -0.481 e. The Hall–Kier alpha value is -4.01. The first-order chi connectivity index (χ1) is 24.4. The molecule has 4 aliphatic rings. The Labute approximate surface area is 294 Å². The van der Waals surface area contributed by atoms with Crippen LogP contribution in [-0.2, 0) is 4.74 Å². The van der Waals surface area contributed by atoms with Crippen LogP contribution in [-0.4, -0.2) is 115 Å². The van der Waals surface area contributed by atoms with Gasteiger partial charge in [0.1, 0.15) is 17.2 Å². The van der Waals surface area contributed by atoms with Gasteiger partial charge in [-0.1, -0.05) is 12.6 Å². The molecule has 5 heterocycles. The highest BCUT2D eigenvalue weighted by molar-refractivity contribution is 6.06. The average Bonchev–Trinajstić information content (AvgIpc) is 3.77. The number of likely N-dealkylation sites (tertiary alicyclic amines) is 1. The molecule has 272 valence electrons. The predicted octanol–water partition coefficient (Wildman–Crippen LogP) is 6.41. The van der Waals surface area contributed by atoms with Gasteiger partial charge in [0, 0.05) is 61.6 Å². The van der Waals surface area contributed by atoms with Crippen molar-refractivity contribution in [1.82, 2.24) is 30.0 Å². The van der Waals surface area contributed by atoms with E-state index >= 15 is 0 Å². The summed E-state index contributed by atoms with van der Waals surface area (Å²) in [5.74, 6) is 1.09. The van der Waals surface area contributed by atoms with E-state index in [1.165, 1.54) is 0 Å². The molecular weight excluding hydrogens is 664 g/mol. The van der Waals surface area contributed by atoms with Crippen LogP contribution >= 0.6 is 0 Å². The maximum Gasteiger partial charge on any atom is 0.422 e. The van der Waals surface area contributed by atoms with Gasteiger partial charge in [0.25, 0.3) is 0 Å². The fourth-order valence-corrected chi connectivity index (χ4v) is 8.07. The number of anilines is 2. The van der Waals surface area contributed by atoms with Crippen molar-refractivity contribution in [1.29, 1.82) is 0 Å². The van der Waals surface area contributed by atoms with E-state index in [1.807, 2.05) is 33.2 Å². The largest absolute Gasteiger partial charge is 0.481 e. The van der Waals surface area contributed by atoms with Gasteiger partial charge in [-0.3, -0.25) is 10.00 Å². The first-order valence-electron chi connectivity index (χ1n) is 17.7. The zero-order chi connectivity index (χ0) is 35.7. The summed E-state index contributed by atoms with van der Waals surface area (Å²) in [5, 5.41) is 8.86. The van der Waals surface area contributed by atoms with Gasteiger partial charge >= 0.3 is 6.18 Å². The summed E-state index contributed by atoms with van der Waals surface area (Å²) in [4.78, 5) is 19.0. The molecule has 51 heavy (non-hydrogen) atoms. The highest BCUT2D eigenvalue weighted by Gasteiger charge is 2.45. The predicted molar refractivity (Wildman–Crippen MR) is 189 cm³/mol. The molecule has 0 unspecified atom stereocenters. The number of aromatic nitrogens is 4. The molecule has 1 saturated carbocycles. The van der Waals surface area contributed by atoms with Gasteiger partial charge in [-0.15, -0.1) is 0 Å². The van der Waals surface area contributed by atoms with Crippen molar-refractivity contribution >= 4 is 33.6 Å². The van der Waals surface area contributed by atoms with Gasteiger partial charge in [-0.25, -0.2) is 9.37 Å². The standard InChI is InChI=1S/C37H44F4N8O2/c1-22-5-8-29-28(14-42-45-29)30(22)31-26(24-6-7-24)13-27-32(33(31)51-20-37(39,40)41)43-35(49-15-25(16-49)46(3)4)44-34(27)48-11-9-36(10-12-48)18-47(19-36)21-50-17-23(2)38/h5,8,13-14,24-25H,2,6-7,9-12,15-21H2,1,3-4H3,(H,42,45). The molecular formula is C37H44F4N8O2. The lowest BCUT2D eigenvalue weighted by molar-refractivity contribution is -0.153. The molecule has 0 bridgehead atoms. The maximum absolute atomic E-state index is 14.0. The number of likely N-dealkylation sites (N-methyl/N-ethyl adjacent to an activating group) is 1. The van der Waals surface area contributed by atoms with Crippen LogP contribution in [0, 0.1) is 12.3 Å². The van der Waals surface area contributed by atoms with E-state index in [4.69, 9.17) is 19.4 Å². The number of fused-ring (bicyclic) bond motifs is 2. The van der Waals surface area contributed by atoms with Gasteiger partial charge in [-0.2, -0.15) is 23.3 Å². The number of H-pyrrole nitrogens is 1. The fourth-order valence-electron chi connectivity index (χ4n) is 8.07. The second-order valence-corrected chi connectivity index (χ2v) is 15.2. The number of ether oxygens (including phenoxy) is 2. The molecule has 4 aromatic rings. The number of alkyl halides is 3. The minimum absolute atomic E-state index is 0.0945. The van der Waals surface area contributed by atoms with Gasteiger partial charge in [0.15, 0.2) is 12.4 Å². The third-order valence-electron chi connectivity index (χ3n) is 11.1. The molecule has 3 aliphatic heterocycles. The van der Waals surface area contributed by atoms with Crippen LogP contribution in [0.1, 0.15) is 42.7 Å². The summed E-state index contributed by atoms with van der Waals surface area (Å²) in [6.45, 7) is 8.75. The first kappa shape index (κ1) is 34.1. The maximum atomic E-state index is 14.0. The van der Waals surface area contributed by atoms with Crippen LogP contribution < -0.4 is 14.5 Å². The lowest BCUT2D eigenvalue weighted by Crippen LogP contribution is -2.60. The second-order valence-electron chi connectivity index (χ2n) is 15.2. The van der Waals surface area contributed by atoms with Crippen LogP contribution in [0.15, 0.2) is 36.8 Å². The Bertz CT molecular complexity index is 1950. The van der Waals surface area contributed by atoms with Crippen LogP contribution in [0.3, 0.4) is 0 Å². The molecule has 14 heteroatoms. The second kappa shape index (κ2) is 12.9. The third-order valence-corrected chi connectivity index (χ3v) is 11.1. The third kappa shape index (κ3) is 6.62. The Morgan fingerprint density at radius 3 is 2.47 bits per heavy atom.